The molecule has 1 aromatic carbocycles. The van der Waals surface area contributed by atoms with Gasteiger partial charge in [-0.1, -0.05) is 18.2 Å². The van der Waals surface area contributed by atoms with E-state index in [4.69, 9.17) is 0 Å². The lowest BCUT2D eigenvalue weighted by molar-refractivity contribution is 0.743. The van der Waals surface area contributed by atoms with Crippen LogP contribution < -0.4 is 0 Å². The van der Waals surface area contributed by atoms with E-state index in [1.807, 2.05) is 11.7 Å². The van der Waals surface area contributed by atoms with Gasteiger partial charge in [-0.3, -0.25) is 4.68 Å². The van der Waals surface area contributed by atoms with Crippen molar-refractivity contribution in [2.24, 2.45) is 7.05 Å². The van der Waals surface area contributed by atoms with E-state index in [9.17, 15) is 0 Å². The largest absolute Gasteiger partial charge is 0.272 e. The molecule has 2 nitrogen and oxygen atoms in total. The zero-order chi connectivity index (χ0) is 11.1. The number of rotatable bonds is 1. The van der Waals surface area contributed by atoms with Gasteiger partial charge in [0.15, 0.2) is 0 Å². The Morgan fingerprint density at radius 3 is 2.69 bits per heavy atom. The molecule has 0 N–H and O–H groups in total. The maximum absolute atomic E-state index is 4.50. The summed E-state index contributed by atoms with van der Waals surface area (Å²) in [5.41, 5.74) is 2.26. The summed E-state index contributed by atoms with van der Waals surface area (Å²) in [5, 5.41) is 5.80. The second-order valence-electron chi connectivity index (χ2n) is 3.94. The van der Waals surface area contributed by atoms with Gasteiger partial charge in [-0.2, -0.15) is 5.10 Å². The summed E-state index contributed by atoms with van der Waals surface area (Å²) < 4.78 is 3.24. The second kappa shape index (κ2) is 3.46. The van der Waals surface area contributed by atoms with Crippen LogP contribution in [0, 0.1) is 6.92 Å². The number of nitrogens with zero attached hydrogens (tertiary/aromatic N) is 2. The van der Waals surface area contributed by atoms with Crippen molar-refractivity contribution in [1.82, 2.24) is 9.78 Å². The molecule has 0 aliphatic rings. The summed E-state index contributed by atoms with van der Waals surface area (Å²) in [7, 11) is 1.98. The van der Waals surface area contributed by atoms with E-state index in [1.54, 1.807) is 11.3 Å². The fourth-order valence-corrected chi connectivity index (χ4v) is 2.81. The molecule has 0 atom stereocenters. The molecule has 80 valence electrons. The molecule has 0 bridgehead atoms. The summed E-state index contributed by atoms with van der Waals surface area (Å²) in [6.07, 6.45) is 0. The number of hydrogen-bond donors (Lipinski definition) is 0. The Morgan fingerprint density at radius 1 is 1.19 bits per heavy atom. The number of thiophene rings is 1. The Labute approximate surface area is 98.1 Å². The van der Waals surface area contributed by atoms with Crippen LogP contribution in [0.25, 0.3) is 20.7 Å². The van der Waals surface area contributed by atoms with Crippen molar-refractivity contribution in [1.29, 1.82) is 0 Å². The van der Waals surface area contributed by atoms with Crippen molar-refractivity contribution in [3.63, 3.8) is 0 Å². The molecule has 2 aromatic heterocycles. The maximum atomic E-state index is 4.50. The molecule has 2 heterocycles. The number of aryl methyl sites for hydroxylation is 2. The number of fused-ring (bicyclic) bond motifs is 1. The van der Waals surface area contributed by atoms with Gasteiger partial charge in [-0.25, -0.2) is 0 Å². The number of aromatic nitrogens is 2. The summed E-state index contributed by atoms with van der Waals surface area (Å²) in [4.78, 5) is 1.24. The molecule has 0 aliphatic heterocycles. The van der Waals surface area contributed by atoms with Crippen molar-refractivity contribution in [3.05, 3.63) is 42.1 Å². The molecule has 3 rings (SSSR count). The minimum absolute atomic E-state index is 1.07. The third-order valence-electron chi connectivity index (χ3n) is 2.79. The molecule has 0 spiro atoms. The molecule has 0 fully saturated rings. The van der Waals surface area contributed by atoms with Gasteiger partial charge < -0.3 is 0 Å². The lowest BCUT2D eigenvalue weighted by Crippen LogP contribution is -1.91. The number of benzene rings is 1. The van der Waals surface area contributed by atoms with Crippen molar-refractivity contribution < 1.29 is 0 Å². The zero-order valence-electron chi connectivity index (χ0n) is 9.27. The first-order valence-corrected chi connectivity index (χ1v) is 6.05. The highest BCUT2D eigenvalue weighted by Gasteiger charge is 2.07. The van der Waals surface area contributed by atoms with E-state index < -0.39 is 0 Å². The maximum Gasteiger partial charge on any atom is 0.103 e. The quantitative estimate of drug-likeness (QED) is 0.622. The Bertz CT molecular complexity index is 596. The van der Waals surface area contributed by atoms with E-state index in [0.29, 0.717) is 0 Å². The van der Waals surface area contributed by atoms with Crippen molar-refractivity contribution in [3.8, 4) is 10.6 Å². The summed E-state index contributed by atoms with van der Waals surface area (Å²) >= 11 is 1.80. The molecular formula is C13H12N2S. The lowest BCUT2D eigenvalue weighted by atomic mass is 10.2. The number of hydrogen-bond acceptors (Lipinski definition) is 2. The van der Waals surface area contributed by atoms with Crippen molar-refractivity contribution >= 4 is 21.4 Å². The first-order valence-electron chi connectivity index (χ1n) is 5.23. The standard InChI is InChI=1S/C13H12N2S/c1-9-7-11(14-15(9)2)13-8-10-5-3-4-6-12(10)16-13/h3-8H,1-2H3. The molecule has 0 saturated heterocycles. The monoisotopic (exact) mass is 228 g/mol. The van der Waals surface area contributed by atoms with Gasteiger partial charge in [0.05, 0.1) is 4.88 Å². The van der Waals surface area contributed by atoms with E-state index in [2.05, 4.69) is 48.4 Å². The van der Waals surface area contributed by atoms with Crippen LogP contribution in [0.5, 0.6) is 0 Å². The molecule has 0 unspecified atom stereocenters. The highest BCUT2D eigenvalue weighted by Crippen LogP contribution is 2.32. The van der Waals surface area contributed by atoms with Crippen LogP contribution in [0.4, 0.5) is 0 Å². The van der Waals surface area contributed by atoms with Crippen LogP contribution >= 0.6 is 11.3 Å². The average Bonchev–Trinajstić information content (AvgIpc) is 2.83. The van der Waals surface area contributed by atoms with Crippen LogP contribution in [-0.4, -0.2) is 9.78 Å². The van der Waals surface area contributed by atoms with Gasteiger partial charge in [0.25, 0.3) is 0 Å². The van der Waals surface area contributed by atoms with Gasteiger partial charge >= 0.3 is 0 Å². The summed E-state index contributed by atoms with van der Waals surface area (Å²) in [6, 6.07) is 12.8. The van der Waals surface area contributed by atoms with Crippen LogP contribution in [0.1, 0.15) is 5.69 Å². The Hall–Kier alpha value is -1.61. The third kappa shape index (κ3) is 1.44. The Kier molecular flexibility index (Phi) is 2.07. The van der Waals surface area contributed by atoms with Crippen molar-refractivity contribution in [2.75, 3.05) is 0 Å². The molecular weight excluding hydrogens is 216 g/mol. The van der Waals surface area contributed by atoms with Gasteiger partial charge in [0.1, 0.15) is 5.69 Å². The van der Waals surface area contributed by atoms with Crippen LogP contribution in [-0.2, 0) is 7.05 Å². The van der Waals surface area contributed by atoms with Crippen molar-refractivity contribution in [2.45, 2.75) is 6.92 Å². The lowest BCUT2D eigenvalue weighted by Gasteiger charge is -1.89. The van der Waals surface area contributed by atoms with Crippen LogP contribution in [0.2, 0.25) is 0 Å². The highest BCUT2D eigenvalue weighted by atomic mass is 32.1. The molecule has 16 heavy (non-hydrogen) atoms. The van der Waals surface area contributed by atoms with E-state index in [-0.39, 0.29) is 0 Å². The Balaban J connectivity index is 2.18. The van der Waals surface area contributed by atoms with Crippen LogP contribution in [0.15, 0.2) is 36.4 Å². The molecule has 0 aliphatic carbocycles. The first-order chi connectivity index (χ1) is 7.74. The average molecular weight is 228 g/mol. The molecule has 0 radical (unpaired) electrons. The minimum atomic E-state index is 1.07. The fourth-order valence-electron chi connectivity index (χ4n) is 1.79. The van der Waals surface area contributed by atoms with Gasteiger partial charge in [-0.05, 0) is 30.5 Å². The topological polar surface area (TPSA) is 17.8 Å². The molecule has 3 aromatic rings. The normalized spacial score (nSPS) is 11.1. The fraction of sp³-hybridized carbons (Fsp3) is 0.154. The predicted molar refractivity (Wildman–Crippen MR) is 68.8 cm³/mol. The zero-order valence-corrected chi connectivity index (χ0v) is 10.1. The van der Waals surface area contributed by atoms with E-state index >= 15 is 0 Å². The summed E-state index contributed by atoms with van der Waals surface area (Å²) in [6.45, 7) is 2.07. The minimum Gasteiger partial charge on any atom is -0.272 e. The van der Waals surface area contributed by atoms with Gasteiger partial charge in [0, 0.05) is 17.4 Å². The predicted octanol–water partition coefficient (Wildman–Crippen LogP) is 3.61. The van der Waals surface area contributed by atoms with Gasteiger partial charge in [0.2, 0.25) is 0 Å². The first kappa shape index (κ1) is 9.60. The molecule has 0 saturated carbocycles. The van der Waals surface area contributed by atoms with E-state index in [1.165, 1.54) is 20.7 Å². The third-order valence-corrected chi connectivity index (χ3v) is 3.93. The summed E-state index contributed by atoms with van der Waals surface area (Å²) in [5.74, 6) is 0. The van der Waals surface area contributed by atoms with Crippen LogP contribution in [0.3, 0.4) is 0 Å². The van der Waals surface area contributed by atoms with E-state index in [0.717, 1.165) is 5.69 Å². The highest BCUT2D eigenvalue weighted by molar-refractivity contribution is 7.22. The molecule has 0 amide bonds. The Morgan fingerprint density at radius 2 is 2.00 bits per heavy atom. The SMILES string of the molecule is Cc1cc(-c2cc3ccccc3s2)nn1C. The second-order valence-corrected chi connectivity index (χ2v) is 5.03. The molecule has 3 heteroatoms. The smallest absolute Gasteiger partial charge is 0.103 e. The van der Waals surface area contributed by atoms with Gasteiger partial charge in [-0.15, -0.1) is 11.3 Å².